The Kier molecular flexibility index (Phi) is 2.83. The number of aromatic nitrogens is 2. The van der Waals surface area contributed by atoms with Gasteiger partial charge in [0.25, 0.3) is 0 Å². The molecular formula is C13H13N3O3. The predicted octanol–water partition coefficient (Wildman–Crippen LogP) is 1.93. The predicted molar refractivity (Wildman–Crippen MR) is 68.1 cm³/mol. The first-order chi connectivity index (χ1) is 9.22. The fraction of sp³-hybridized carbons (Fsp3) is 0.231. The van der Waals surface area contributed by atoms with E-state index >= 15 is 0 Å². The molecule has 6 nitrogen and oxygen atoms in total. The minimum absolute atomic E-state index is 0.231. The summed E-state index contributed by atoms with van der Waals surface area (Å²) in [6.07, 6.45) is 1.38. The van der Waals surface area contributed by atoms with Gasteiger partial charge in [0.05, 0.1) is 5.69 Å². The topological polar surface area (TPSA) is 79.5 Å². The number of ether oxygens (including phenoxy) is 3. The maximum absolute atomic E-state index is 5.80. The third-order valence-corrected chi connectivity index (χ3v) is 2.77. The Morgan fingerprint density at radius 1 is 1.26 bits per heavy atom. The molecular weight excluding hydrogens is 246 g/mol. The zero-order chi connectivity index (χ0) is 13.2. The lowest BCUT2D eigenvalue weighted by Gasteiger charge is -2.14. The van der Waals surface area contributed by atoms with Crippen LogP contribution in [0.1, 0.15) is 18.7 Å². The molecule has 0 spiro atoms. The van der Waals surface area contributed by atoms with Crippen molar-refractivity contribution >= 4 is 5.95 Å². The van der Waals surface area contributed by atoms with Crippen LogP contribution in [0.15, 0.2) is 30.5 Å². The van der Waals surface area contributed by atoms with Crippen molar-refractivity contribution in [1.82, 2.24) is 9.97 Å². The van der Waals surface area contributed by atoms with Crippen molar-refractivity contribution < 1.29 is 14.2 Å². The molecule has 2 N–H and O–H groups in total. The van der Waals surface area contributed by atoms with Gasteiger partial charge in [-0.25, -0.2) is 9.97 Å². The molecule has 0 bridgehead atoms. The number of fused-ring (bicyclic) bond motifs is 1. The van der Waals surface area contributed by atoms with E-state index in [0.29, 0.717) is 11.5 Å². The molecule has 2 heterocycles. The minimum Gasteiger partial charge on any atom is -0.484 e. The summed E-state index contributed by atoms with van der Waals surface area (Å²) in [6.45, 7) is 2.14. The van der Waals surface area contributed by atoms with Crippen LogP contribution in [0.3, 0.4) is 0 Å². The van der Waals surface area contributed by atoms with Crippen molar-refractivity contribution in [2.24, 2.45) is 0 Å². The molecule has 0 radical (unpaired) electrons. The normalized spacial score (nSPS) is 14.2. The van der Waals surface area contributed by atoms with Gasteiger partial charge in [-0.15, -0.1) is 0 Å². The second-order valence-corrected chi connectivity index (χ2v) is 4.11. The van der Waals surface area contributed by atoms with Gasteiger partial charge in [-0.3, -0.25) is 0 Å². The van der Waals surface area contributed by atoms with Crippen molar-refractivity contribution in [3.63, 3.8) is 0 Å². The molecule has 1 aromatic carbocycles. The summed E-state index contributed by atoms with van der Waals surface area (Å²) in [4.78, 5) is 7.98. The van der Waals surface area contributed by atoms with E-state index in [9.17, 15) is 0 Å². The van der Waals surface area contributed by atoms with Gasteiger partial charge in [0, 0.05) is 12.3 Å². The molecule has 0 saturated heterocycles. The van der Waals surface area contributed by atoms with E-state index in [1.807, 2.05) is 19.1 Å². The van der Waals surface area contributed by atoms with Gasteiger partial charge in [-0.05, 0) is 25.1 Å². The van der Waals surface area contributed by atoms with Crippen LogP contribution in [0.25, 0.3) is 0 Å². The van der Waals surface area contributed by atoms with Crippen molar-refractivity contribution in [2.75, 3.05) is 12.5 Å². The lowest BCUT2D eigenvalue weighted by Crippen LogP contribution is -2.07. The number of hydrogen-bond acceptors (Lipinski definition) is 6. The number of hydrogen-bond donors (Lipinski definition) is 1. The van der Waals surface area contributed by atoms with Gasteiger partial charge in [0.15, 0.2) is 11.5 Å². The van der Waals surface area contributed by atoms with E-state index in [0.717, 1.165) is 11.4 Å². The Labute approximate surface area is 110 Å². The van der Waals surface area contributed by atoms with E-state index in [1.54, 1.807) is 18.3 Å². The second kappa shape index (κ2) is 4.64. The highest BCUT2D eigenvalue weighted by atomic mass is 16.7. The quantitative estimate of drug-likeness (QED) is 0.907. The Morgan fingerprint density at radius 3 is 2.95 bits per heavy atom. The van der Waals surface area contributed by atoms with E-state index in [-0.39, 0.29) is 18.8 Å². The summed E-state index contributed by atoms with van der Waals surface area (Å²) in [6, 6.07) is 7.21. The molecule has 19 heavy (non-hydrogen) atoms. The number of rotatable bonds is 3. The minimum atomic E-state index is -0.231. The summed E-state index contributed by atoms with van der Waals surface area (Å²) < 4.78 is 16.3. The molecule has 0 fully saturated rings. The highest BCUT2D eigenvalue weighted by Gasteiger charge is 2.16. The largest absolute Gasteiger partial charge is 0.484 e. The Morgan fingerprint density at radius 2 is 2.11 bits per heavy atom. The summed E-state index contributed by atoms with van der Waals surface area (Å²) in [5, 5.41) is 0. The lowest BCUT2D eigenvalue weighted by molar-refractivity contribution is 0.173. The average Bonchev–Trinajstić information content (AvgIpc) is 2.86. The van der Waals surface area contributed by atoms with Gasteiger partial charge in [-0.1, -0.05) is 0 Å². The smallest absolute Gasteiger partial charge is 0.231 e. The molecule has 1 atom stereocenters. The number of anilines is 1. The van der Waals surface area contributed by atoms with Crippen LogP contribution >= 0.6 is 0 Å². The fourth-order valence-corrected chi connectivity index (χ4v) is 1.83. The van der Waals surface area contributed by atoms with E-state index < -0.39 is 0 Å². The highest BCUT2D eigenvalue weighted by Crippen LogP contribution is 2.36. The van der Waals surface area contributed by atoms with E-state index in [2.05, 4.69) is 9.97 Å². The maximum Gasteiger partial charge on any atom is 0.231 e. The number of benzene rings is 1. The molecule has 0 saturated carbocycles. The first kappa shape index (κ1) is 11.6. The van der Waals surface area contributed by atoms with Crippen LogP contribution in [-0.4, -0.2) is 16.8 Å². The molecule has 0 amide bonds. The molecule has 98 valence electrons. The third-order valence-electron chi connectivity index (χ3n) is 2.77. The van der Waals surface area contributed by atoms with Gasteiger partial charge in [0.2, 0.25) is 12.7 Å². The average molecular weight is 259 g/mol. The van der Waals surface area contributed by atoms with E-state index in [4.69, 9.17) is 19.9 Å². The van der Waals surface area contributed by atoms with Crippen LogP contribution in [0.2, 0.25) is 0 Å². The van der Waals surface area contributed by atoms with Gasteiger partial charge in [0.1, 0.15) is 11.9 Å². The van der Waals surface area contributed by atoms with Gasteiger partial charge >= 0.3 is 0 Å². The molecule has 6 heteroatoms. The van der Waals surface area contributed by atoms with Crippen LogP contribution < -0.4 is 19.9 Å². The molecule has 2 aromatic rings. The van der Waals surface area contributed by atoms with Crippen LogP contribution in [0.4, 0.5) is 5.95 Å². The summed E-state index contributed by atoms with van der Waals surface area (Å²) in [5.41, 5.74) is 6.28. The van der Waals surface area contributed by atoms with Crippen LogP contribution in [0, 0.1) is 0 Å². The number of nitrogen functional groups attached to an aromatic ring is 1. The maximum atomic E-state index is 5.80. The monoisotopic (exact) mass is 259 g/mol. The van der Waals surface area contributed by atoms with Crippen LogP contribution in [0.5, 0.6) is 17.2 Å². The third kappa shape index (κ3) is 2.37. The summed E-state index contributed by atoms with van der Waals surface area (Å²) in [7, 11) is 0. The molecule has 1 aliphatic heterocycles. The lowest BCUT2D eigenvalue weighted by atomic mass is 10.2. The standard InChI is InChI=1S/C13H13N3O3/c1-8(10-4-5-15-13(14)16-10)19-9-2-3-11-12(6-9)18-7-17-11/h2-6,8H,7H2,1H3,(H2,14,15,16)/t8-/m0/s1. The molecule has 3 rings (SSSR count). The number of nitrogens with two attached hydrogens (primary N) is 1. The molecule has 0 aliphatic carbocycles. The van der Waals surface area contributed by atoms with Crippen LogP contribution in [-0.2, 0) is 0 Å². The molecule has 1 aliphatic rings. The zero-order valence-electron chi connectivity index (χ0n) is 10.4. The van der Waals surface area contributed by atoms with Crippen molar-refractivity contribution in [3.8, 4) is 17.2 Å². The number of nitrogens with zero attached hydrogens (tertiary/aromatic N) is 2. The van der Waals surface area contributed by atoms with Crippen molar-refractivity contribution in [2.45, 2.75) is 13.0 Å². The second-order valence-electron chi connectivity index (χ2n) is 4.11. The van der Waals surface area contributed by atoms with E-state index in [1.165, 1.54) is 0 Å². The highest BCUT2D eigenvalue weighted by molar-refractivity contribution is 5.47. The molecule has 0 unspecified atom stereocenters. The fourth-order valence-electron chi connectivity index (χ4n) is 1.83. The van der Waals surface area contributed by atoms with Gasteiger partial charge < -0.3 is 19.9 Å². The Balaban J connectivity index is 1.77. The van der Waals surface area contributed by atoms with Gasteiger partial charge in [-0.2, -0.15) is 0 Å². The van der Waals surface area contributed by atoms with Crippen molar-refractivity contribution in [1.29, 1.82) is 0 Å². The SMILES string of the molecule is C[C@H](Oc1ccc2c(c1)OCO2)c1ccnc(N)n1. The molecule has 1 aromatic heterocycles. The Bertz CT molecular complexity index is 603. The first-order valence-corrected chi connectivity index (χ1v) is 5.87. The van der Waals surface area contributed by atoms with Crippen molar-refractivity contribution in [3.05, 3.63) is 36.2 Å². The zero-order valence-corrected chi connectivity index (χ0v) is 10.4. The summed E-state index contributed by atoms with van der Waals surface area (Å²) >= 11 is 0. The summed E-state index contributed by atoms with van der Waals surface area (Å²) in [5.74, 6) is 2.34. The Hall–Kier alpha value is -2.50. The first-order valence-electron chi connectivity index (χ1n) is 5.87.